The maximum Gasteiger partial charge on any atom is 0.273 e. The molecule has 2 aromatic carbocycles. The van der Waals surface area contributed by atoms with Crippen LogP contribution in [0, 0.1) is 0 Å². The number of aliphatic imine (C=N–C) groups is 1. The van der Waals surface area contributed by atoms with E-state index >= 15 is 0 Å². The lowest BCUT2D eigenvalue weighted by Gasteiger charge is -2.34. The van der Waals surface area contributed by atoms with E-state index in [9.17, 15) is 9.59 Å². The van der Waals surface area contributed by atoms with Gasteiger partial charge in [0.15, 0.2) is 0 Å². The quantitative estimate of drug-likeness (QED) is 0.490. The van der Waals surface area contributed by atoms with Gasteiger partial charge >= 0.3 is 0 Å². The molecule has 1 unspecified atom stereocenters. The molecule has 0 spiro atoms. The van der Waals surface area contributed by atoms with E-state index < -0.39 is 11.8 Å². The van der Waals surface area contributed by atoms with Gasteiger partial charge < -0.3 is 14.6 Å². The maximum absolute atomic E-state index is 12.9. The predicted molar refractivity (Wildman–Crippen MR) is 136 cm³/mol. The Balaban J connectivity index is 1.36. The first-order valence-electron chi connectivity index (χ1n) is 12.3. The van der Waals surface area contributed by atoms with Gasteiger partial charge in [-0.05, 0) is 36.7 Å². The number of hydrogen-bond donors (Lipinski definition) is 2. The van der Waals surface area contributed by atoms with Gasteiger partial charge in [-0.1, -0.05) is 36.4 Å². The number of rotatable bonds is 8. The van der Waals surface area contributed by atoms with E-state index in [1.807, 2.05) is 54.7 Å². The Bertz CT molecular complexity index is 1230. The Morgan fingerprint density at radius 3 is 2.31 bits per heavy atom. The fraction of sp³-hybridized carbons (Fsp3) is 0.370. The third-order valence-corrected chi connectivity index (χ3v) is 6.90. The van der Waals surface area contributed by atoms with Crippen molar-refractivity contribution in [1.82, 2.24) is 19.7 Å². The van der Waals surface area contributed by atoms with E-state index in [4.69, 9.17) is 5.11 Å². The molecule has 1 aromatic heterocycles. The summed E-state index contributed by atoms with van der Waals surface area (Å²) in [7, 11) is 0. The first-order chi connectivity index (χ1) is 17.1. The number of fused-ring (bicyclic) bond motifs is 1. The van der Waals surface area contributed by atoms with Crippen LogP contribution >= 0.6 is 0 Å². The van der Waals surface area contributed by atoms with E-state index in [-0.39, 0.29) is 18.2 Å². The van der Waals surface area contributed by atoms with Crippen LogP contribution in [-0.4, -0.2) is 82.9 Å². The summed E-state index contributed by atoms with van der Waals surface area (Å²) in [5.74, 6) is -1.48. The van der Waals surface area contributed by atoms with Gasteiger partial charge in [0.05, 0.1) is 12.3 Å². The van der Waals surface area contributed by atoms with Gasteiger partial charge in [-0.15, -0.1) is 0 Å². The number of imide groups is 1. The molecule has 2 saturated heterocycles. The lowest BCUT2D eigenvalue weighted by molar-refractivity contribution is -0.124. The number of β-amino-alcohol motifs (C(OH)–C–C–N with tert-alkyl or cyclic N) is 1. The van der Waals surface area contributed by atoms with Gasteiger partial charge in [0.1, 0.15) is 11.6 Å². The number of aryl methyl sites for hydroxylation is 1. The monoisotopic (exact) mass is 473 g/mol. The molecule has 8 nitrogen and oxygen atoms in total. The molecule has 0 radical (unpaired) electrons. The second-order valence-electron chi connectivity index (χ2n) is 9.14. The second-order valence-corrected chi connectivity index (χ2v) is 9.14. The van der Waals surface area contributed by atoms with Gasteiger partial charge in [0, 0.05) is 56.4 Å². The summed E-state index contributed by atoms with van der Waals surface area (Å²) in [6, 6.07) is 17.3. The van der Waals surface area contributed by atoms with Gasteiger partial charge in [-0.3, -0.25) is 19.8 Å². The van der Waals surface area contributed by atoms with Crippen LogP contribution in [0.1, 0.15) is 17.9 Å². The number of amides is 2. The first-order valence-corrected chi connectivity index (χ1v) is 12.3. The summed E-state index contributed by atoms with van der Waals surface area (Å²) in [4.78, 5) is 34.8. The fourth-order valence-electron chi connectivity index (χ4n) is 5.08. The normalized spacial score (nSPS) is 20.7. The largest absolute Gasteiger partial charge is 0.395 e. The minimum atomic E-state index is -0.728. The zero-order chi connectivity index (χ0) is 24.2. The Morgan fingerprint density at radius 2 is 1.57 bits per heavy atom. The molecule has 0 bridgehead atoms. The van der Waals surface area contributed by atoms with Crippen molar-refractivity contribution < 1.29 is 14.7 Å². The number of nitrogens with zero attached hydrogens (tertiary/aromatic N) is 4. The highest BCUT2D eigenvalue weighted by Gasteiger charge is 2.40. The van der Waals surface area contributed by atoms with E-state index in [2.05, 4.69) is 30.7 Å². The Kier molecular flexibility index (Phi) is 7.03. The summed E-state index contributed by atoms with van der Waals surface area (Å²) in [6.07, 6.45) is 3.01. The van der Waals surface area contributed by atoms with Crippen LogP contribution in [0.3, 0.4) is 0 Å². The zero-order valence-corrected chi connectivity index (χ0v) is 19.8. The average Bonchev–Trinajstić information content (AvgIpc) is 3.37. The number of aliphatic hydroxyl groups excluding tert-OH is 1. The number of benzene rings is 2. The molecule has 2 aliphatic heterocycles. The number of carbonyl (C=O) groups excluding carboxylic acids is 2. The number of piperazine rings is 1. The van der Waals surface area contributed by atoms with Crippen LogP contribution in [0.25, 0.3) is 10.9 Å². The third-order valence-electron chi connectivity index (χ3n) is 6.90. The number of para-hydroxylation sites is 2. The van der Waals surface area contributed by atoms with E-state index in [1.54, 1.807) is 0 Å². The fourth-order valence-corrected chi connectivity index (χ4v) is 5.08. The van der Waals surface area contributed by atoms with Crippen molar-refractivity contribution in [2.75, 3.05) is 45.9 Å². The van der Waals surface area contributed by atoms with Gasteiger partial charge in [0.25, 0.3) is 5.91 Å². The average molecular weight is 474 g/mol. The van der Waals surface area contributed by atoms with Crippen molar-refractivity contribution in [3.63, 3.8) is 0 Å². The van der Waals surface area contributed by atoms with Crippen molar-refractivity contribution >= 4 is 34.1 Å². The topological polar surface area (TPSA) is 90.2 Å². The van der Waals surface area contributed by atoms with Crippen LogP contribution < -0.4 is 5.32 Å². The van der Waals surface area contributed by atoms with Crippen LogP contribution in [0.15, 0.2) is 65.8 Å². The van der Waals surface area contributed by atoms with Crippen molar-refractivity contribution in [2.45, 2.75) is 18.9 Å². The molecule has 3 heterocycles. The molecule has 2 aliphatic rings. The maximum atomic E-state index is 12.9. The Labute approximate surface area is 204 Å². The summed E-state index contributed by atoms with van der Waals surface area (Å²) in [5, 5.41) is 12.6. The van der Waals surface area contributed by atoms with Gasteiger partial charge in [0.2, 0.25) is 5.91 Å². The van der Waals surface area contributed by atoms with Crippen LogP contribution in [0.2, 0.25) is 0 Å². The zero-order valence-electron chi connectivity index (χ0n) is 19.8. The van der Waals surface area contributed by atoms with Crippen LogP contribution in [0.4, 0.5) is 5.69 Å². The summed E-state index contributed by atoms with van der Waals surface area (Å²) in [5.41, 5.74) is 2.77. The van der Waals surface area contributed by atoms with Crippen molar-refractivity contribution in [1.29, 1.82) is 0 Å². The number of carbonyl (C=O) groups is 2. The smallest absolute Gasteiger partial charge is 0.273 e. The first kappa shape index (κ1) is 23.4. The molecule has 3 aromatic rings. The minimum Gasteiger partial charge on any atom is -0.395 e. The summed E-state index contributed by atoms with van der Waals surface area (Å²) >= 11 is 0. The molecule has 182 valence electrons. The third kappa shape index (κ3) is 5.05. The predicted octanol–water partition coefficient (Wildman–Crippen LogP) is 2.15. The van der Waals surface area contributed by atoms with Gasteiger partial charge in [-0.25, -0.2) is 4.99 Å². The minimum absolute atomic E-state index is 0.214. The van der Waals surface area contributed by atoms with Crippen LogP contribution in [-0.2, 0) is 16.1 Å². The highest BCUT2D eigenvalue weighted by atomic mass is 16.3. The van der Waals surface area contributed by atoms with Crippen molar-refractivity contribution in [3.05, 3.63) is 66.4 Å². The number of hydrogen-bond acceptors (Lipinski definition) is 6. The lowest BCUT2D eigenvalue weighted by atomic mass is 9.95. The van der Waals surface area contributed by atoms with Crippen LogP contribution in [0.5, 0.6) is 0 Å². The van der Waals surface area contributed by atoms with E-state index in [1.165, 1.54) is 0 Å². The molecule has 35 heavy (non-hydrogen) atoms. The molecule has 2 fully saturated rings. The van der Waals surface area contributed by atoms with Crippen molar-refractivity contribution in [2.24, 2.45) is 4.99 Å². The number of aliphatic hydroxyl groups is 1. The Hall–Kier alpha value is -3.33. The van der Waals surface area contributed by atoms with E-state index in [0.717, 1.165) is 68.7 Å². The van der Waals surface area contributed by atoms with Gasteiger partial charge in [-0.2, -0.15) is 0 Å². The lowest BCUT2D eigenvalue weighted by Crippen LogP contribution is -2.47. The summed E-state index contributed by atoms with van der Waals surface area (Å²) in [6.45, 7) is 6.80. The molecule has 8 heteroatoms. The highest BCUT2D eigenvalue weighted by molar-refractivity contribution is 6.52. The molecule has 5 rings (SSSR count). The SMILES string of the molecule is O=C1NC(=O)C(c2cn(CCCN3CCN(CCO)CC3)c3ccccc23)C1=Nc1ccccc1. The van der Waals surface area contributed by atoms with E-state index in [0.29, 0.717) is 5.69 Å². The highest BCUT2D eigenvalue weighted by Crippen LogP contribution is 2.32. The number of aromatic nitrogens is 1. The molecule has 0 aliphatic carbocycles. The second kappa shape index (κ2) is 10.5. The Morgan fingerprint density at radius 1 is 0.886 bits per heavy atom. The number of nitrogens with one attached hydrogen (secondary N) is 1. The molecular formula is C27H31N5O3. The molecule has 2 amide bonds. The van der Waals surface area contributed by atoms with Crippen molar-refractivity contribution in [3.8, 4) is 0 Å². The molecule has 0 saturated carbocycles. The standard InChI is InChI=1S/C27H31N5O3/c33-18-17-31-15-13-30(14-16-31)11-6-12-32-19-22(21-9-4-5-10-23(21)32)24-25(27(35)29-26(24)34)28-20-7-2-1-3-8-20/h1-5,7-10,19,24,33H,6,11-18H2,(H,29,34,35). The molecule has 1 atom stereocenters. The molecule has 2 N–H and O–H groups in total. The molecular weight excluding hydrogens is 442 g/mol. The summed E-state index contributed by atoms with van der Waals surface area (Å²) < 4.78 is 2.20.